The van der Waals surface area contributed by atoms with E-state index in [1.165, 1.54) is 22.0 Å². The lowest BCUT2D eigenvalue weighted by molar-refractivity contribution is 0.0244. The quantitative estimate of drug-likeness (QED) is 0.909. The molecule has 7 nitrogen and oxygen atoms in total. The molecule has 0 aliphatic carbocycles. The van der Waals surface area contributed by atoms with Crippen LogP contribution in [0.1, 0.15) is 21.5 Å². The first kappa shape index (κ1) is 15.2. The van der Waals surface area contributed by atoms with Gasteiger partial charge in [-0.2, -0.15) is 4.31 Å². The average molecular weight is 343 g/mol. The largest absolute Gasteiger partial charge is 0.477 e. The number of carbonyl (C=O) groups is 1. The number of thiophene rings is 1. The second-order valence-electron chi connectivity index (χ2n) is 4.67. The van der Waals surface area contributed by atoms with Crippen LogP contribution in [0.25, 0.3) is 0 Å². The number of hydrogen-bond acceptors (Lipinski definition) is 6. The van der Waals surface area contributed by atoms with Gasteiger partial charge in [-0.1, -0.05) is 0 Å². The average Bonchev–Trinajstić information content (AvgIpc) is 3.19. The van der Waals surface area contributed by atoms with Crippen LogP contribution in [0.15, 0.2) is 39.2 Å². The smallest absolute Gasteiger partial charge is 0.345 e. The molecular formula is C13H13NO6S2. The van der Waals surface area contributed by atoms with Gasteiger partial charge in [0, 0.05) is 11.9 Å². The Kier molecular flexibility index (Phi) is 4.04. The molecule has 1 aliphatic heterocycles. The minimum atomic E-state index is -3.81. The number of sulfonamides is 1. The molecule has 0 aromatic carbocycles. The zero-order valence-electron chi connectivity index (χ0n) is 11.3. The molecule has 0 spiro atoms. The lowest BCUT2D eigenvalue weighted by Gasteiger charge is -2.33. The molecule has 2 aromatic rings. The zero-order valence-corrected chi connectivity index (χ0v) is 13.0. The van der Waals surface area contributed by atoms with E-state index in [4.69, 9.17) is 14.3 Å². The fourth-order valence-corrected chi connectivity index (χ4v) is 4.95. The van der Waals surface area contributed by atoms with Crippen molar-refractivity contribution in [3.63, 3.8) is 0 Å². The monoisotopic (exact) mass is 343 g/mol. The standard InChI is InChI=1S/C13H13NO6S2/c15-13(16)12-6-9(8-21-12)22(17,18)14-3-5-19-7-10(14)11-2-1-4-20-11/h1-2,4,6,8,10H,3,5,7H2,(H,15,16). The first-order valence-electron chi connectivity index (χ1n) is 6.45. The van der Waals surface area contributed by atoms with Crippen molar-refractivity contribution in [2.24, 2.45) is 0 Å². The van der Waals surface area contributed by atoms with E-state index < -0.39 is 22.0 Å². The van der Waals surface area contributed by atoms with E-state index in [1.807, 2.05) is 0 Å². The summed E-state index contributed by atoms with van der Waals surface area (Å²) < 4.78 is 37.5. The molecule has 1 atom stereocenters. The number of hydrogen-bond donors (Lipinski definition) is 1. The molecule has 2 aromatic heterocycles. The third-order valence-corrected chi connectivity index (χ3v) is 6.30. The number of carboxylic acids is 1. The van der Waals surface area contributed by atoms with Gasteiger partial charge in [-0.25, -0.2) is 13.2 Å². The minimum absolute atomic E-state index is 0.0126. The topological polar surface area (TPSA) is 97.0 Å². The second kappa shape index (κ2) is 5.84. The number of aromatic carboxylic acids is 1. The van der Waals surface area contributed by atoms with Crippen molar-refractivity contribution >= 4 is 27.3 Å². The van der Waals surface area contributed by atoms with E-state index in [0.29, 0.717) is 5.76 Å². The predicted molar refractivity (Wildman–Crippen MR) is 77.4 cm³/mol. The molecule has 1 fully saturated rings. The molecule has 1 unspecified atom stereocenters. The van der Waals surface area contributed by atoms with Crippen LogP contribution in [-0.4, -0.2) is 43.6 Å². The van der Waals surface area contributed by atoms with Crippen LogP contribution in [-0.2, 0) is 14.8 Å². The number of morpholine rings is 1. The molecule has 3 rings (SSSR count). The van der Waals surface area contributed by atoms with E-state index in [0.717, 1.165) is 11.3 Å². The van der Waals surface area contributed by atoms with Gasteiger partial charge in [0.2, 0.25) is 10.0 Å². The maximum Gasteiger partial charge on any atom is 0.345 e. The lowest BCUT2D eigenvalue weighted by Crippen LogP contribution is -2.43. The van der Waals surface area contributed by atoms with Crippen LogP contribution < -0.4 is 0 Å². The van der Waals surface area contributed by atoms with Crippen molar-refractivity contribution < 1.29 is 27.5 Å². The molecule has 0 saturated carbocycles. The highest BCUT2D eigenvalue weighted by Crippen LogP contribution is 2.32. The van der Waals surface area contributed by atoms with Crippen molar-refractivity contribution in [2.75, 3.05) is 19.8 Å². The molecule has 0 radical (unpaired) electrons. The Hall–Kier alpha value is -1.68. The Morgan fingerprint density at radius 1 is 1.45 bits per heavy atom. The number of rotatable bonds is 4. The molecule has 0 bridgehead atoms. The highest BCUT2D eigenvalue weighted by atomic mass is 32.2. The van der Waals surface area contributed by atoms with Crippen LogP contribution in [0.5, 0.6) is 0 Å². The minimum Gasteiger partial charge on any atom is -0.477 e. The molecule has 1 saturated heterocycles. The molecule has 1 N–H and O–H groups in total. The van der Waals surface area contributed by atoms with Crippen molar-refractivity contribution in [1.29, 1.82) is 0 Å². The number of nitrogens with zero attached hydrogens (tertiary/aromatic N) is 1. The first-order valence-corrected chi connectivity index (χ1v) is 8.77. The normalized spacial score (nSPS) is 20.1. The number of carboxylic acid groups (broad SMARTS) is 1. The van der Waals surface area contributed by atoms with Gasteiger partial charge in [0.25, 0.3) is 0 Å². The summed E-state index contributed by atoms with van der Waals surface area (Å²) in [5.41, 5.74) is 0. The second-order valence-corrected chi connectivity index (χ2v) is 7.48. The van der Waals surface area contributed by atoms with Gasteiger partial charge >= 0.3 is 5.97 Å². The van der Waals surface area contributed by atoms with E-state index in [1.54, 1.807) is 12.1 Å². The highest BCUT2D eigenvalue weighted by Gasteiger charge is 2.37. The molecule has 9 heteroatoms. The van der Waals surface area contributed by atoms with E-state index in [2.05, 4.69) is 0 Å². The fourth-order valence-electron chi connectivity index (χ4n) is 2.28. The zero-order chi connectivity index (χ0) is 15.7. The van der Waals surface area contributed by atoms with E-state index in [9.17, 15) is 13.2 Å². The summed E-state index contributed by atoms with van der Waals surface area (Å²) >= 11 is 0.887. The van der Waals surface area contributed by atoms with Gasteiger partial charge in [-0.3, -0.25) is 0 Å². The maximum atomic E-state index is 12.8. The Bertz CT molecular complexity index is 764. The van der Waals surface area contributed by atoms with Gasteiger partial charge in [0.15, 0.2) is 0 Å². The Morgan fingerprint density at radius 2 is 2.27 bits per heavy atom. The maximum absolute atomic E-state index is 12.8. The van der Waals surface area contributed by atoms with Gasteiger partial charge in [0.1, 0.15) is 16.7 Å². The molecule has 118 valence electrons. The Labute approximate surface area is 130 Å². The van der Waals surface area contributed by atoms with Crippen LogP contribution in [0.3, 0.4) is 0 Å². The SMILES string of the molecule is O=C(O)c1cc(S(=O)(=O)N2CCOCC2c2ccco2)cs1. The molecule has 3 heterocycles. The van der Waals surface area contributed by atoms with Crippen LogP contribution >= 0.6 is 11.3 Å². The van der Waals surface area contributed by atoms with E-state index >= 15 is 0 Å². The molecular weight excluding hydrogens is 330 g/mol. The van der Waals surface area contributed by atoms with Crippen LogP contribution in [0, 0.1) is 0 Å². The third-order valence-electron chi connectivity index (χ3n) is 3.34. The summed E-state index contributed by atoms with van der Waals surface area (Å²) in [5.74, 6) is -0.645. The van der Waals surface area contributed by atoms with Crippen molar-refractivity contribution in [2.45, 2.75) is 10.9 Å². The highest BCUT2D eigenvalue weighted by molar-refractivity contribution is 7.89. The van der Waals surface area contributed by atoms with Crippen molar-refractivity contribution in [3.05, 3.63) is 40.5 Å². The number of furan rings is 1. The van der Waals surface area contributed by atoms with Gasteiger partial charge in [-0.15, -0.1) is 11.3 Å². The summed E-state index contributed by atoms with van der Waals surface area (Å²) in [6.45, 7) is 0.668. The Balaban J connectivity index is 1.96. The summed E-state index contributed by atoms with van der Waals surface area (Å²) in [5, 5.41) is 10.3. The lowest BCUT2D eigenvalue weighted by atomic mass is 10.2. The summed E-state index contributed by atoms with van der Waals surface area (Å²) in [6, 6.07) is 4.00. The van der Waals surface area contributed by atoms with Crippen LogP contribution in [0.2, 0.25) is 0 Å². The van der Waals surface area contributed by atoms with Crippen molar-refractivity contribution in [3.8, 4) is 0 Å². The summed E-state index contributed by atoms with van der Waals surface area (Å²) in [4.78, 5) is 10.9. The van der Waals surface area contributed by atoms with Gasteiger partial charge < -0.3 is 14.3 Å². The molecule has 1 aliphatic rings. The summed E-state index contributed by atoms with van der Waals surface area (Å²) in [7, 11) is -3.81. The Morgan fingerprint density at radius 3 is 2.91 bits per heavy atom. The first-order chi connectivity index (χ1) is 10.5. The van der Waals surface area contributed by atoms with Gasteiger partial charge in [0.05, 0.1) is 24.4 Å². The van der Waals surface area contributed by atoms with Crippen molar-refractivity contribution in [1.82, 2.24) is 4.31 Å². The number of ether oxygens (including phenoxy) is 1. The predicted octanol–water partition coefficient (Wildman–Crippen LogP) is 1.80. The van der Waals surface area contributed by atoms with Crippen LogP contribution in [0.4, 0.5) is 0 Å². The van der Waals surface area contributed by atoms with Gasteiger partial charge in [-0.05, 0) is 18.2 Å². The molecule has 0 amide bonds. The third kappa shape index (κ3) is 2.68. The van der Waals surface area contributed by atoms with E-state index in [-0.39, 0.29) is 29.5 Å². The molecule has 22 heavy (non-hydrogen) atoms. The fraction of sp³-hybridized carbons (Fsp3) is 0.308. The summed E-state index contributed by atoms with van der Waals surface area (Å²) in [6.07, 6.45) is 1.47.